The van der Waals surface area contributed by atoms with Crippen molar-refractivity contribution in [2.45, 2.75) is 56.9 Å². The molecular weight excluding hydrogens is 202 g/mol. The summed E-state index contributed by atoms with van der Waals surface area (Å²) < 4.78 is 0. The van der Waals surface area contributed by atoms with E-state index in [2.05, 4.69) is 16.8 Å². The quantitative estimate of drug-likeness (QED) is 0.812. The molecule has 2 heteroatoms. The third-order valence-corrected chi connectivity index (χ3v) is 4.22. The van der Waals surface area contributed by atoms with Crippen LogP contribution in [0.1, 0.15) is 50.5 Å². The Kier molecular flexibility index (Phi) is 3.81. The molecule has 0 saturated heterocycles. The number of rotatable bonds is 2. The normalized spacial score (nSPS) is 21.9. The lowest BCUT2D eigenvalue weighted by Crippen LogP contribution is -2.42. The fourth-order valence-corrected chi connectivity index (χ4v) is 3.25. The van der Waals surface area contributed by atoms with Crippen molar-refractivity contribution in [1.29, 1.82) is 0 Å². The molecule has 2 rings (SSSR count). The summed E-state index contributed by atoms with van der Waals surface area (Å²) >= 11 is 1.78. The summed E-state index contributed by atoms with van der Waals surface area (Å²) in [6, 6.07) is 2.22. The second kappa shape index (κ2) is 5.13. The molecule has 0 aromatic carbocycles. The second-order valence-corrected chi connectivity index (χ2v) is 5.72. The van der Waals surface area contributed by atoms with E-state index in [1.165, 1.54) is 50.5 Å². The predicted octanol–water partition coefficient (Wildman–Crippen LogP) is 3.73. The topological polar surface area (TPSA) is 26.0 Å². The van der Waals surface area contributed by atoms with Crippen LogP contribution < -0.4 is 5.73 Å². The molecule has 0 spiro atoms. The van der Waals surface area contributed by atoms with Gasteiger partial charge in [0.2, 0.25) is 0 Å². The van der Waals surface area contributed by atoms with Gasteiger partial charge < -0.3 is 5.73 Å². The van der Waals surface area contributed by atoms with Crippen LogP contribution >= 0.6 is 11.3 Å². The van der Waals surface area contributed by atoms with Crippen LogP contribution in [-0.4, -0.2) is 5.54 Å². The van der Waals surface area contributed by atoms with Gasteiger partial charge >= 0.3 is 0 Å². The highest BCUT2D eigenvalue weighted by atomic mass is 32.1. The highest BCUT2D eigenvalue weighted by molar-refractivity contribution is 7.07. The Labute approximate surface area is 96.7 Å². The van der Waals surface area contributed by atoms with Crippen molar-refractivity contribution in [1.82, 2.24) is 0 Å². The molecule has 0 unspecified atom stereocenters. The monoisotopic (exact) mass is 223 g/mol. The third kappa shape index (κ3) is 3.32. The summed E-state index contributed by atoms with van der Waals surface area (Å²) in [7, 11) is 0. The van der Waals surface area contributed by atoms with E-state index >= 15 is 0 Å². The van der Waals surface area contributed by atoms with Gasteiger partial charge in [0.25, 0.3) is 0 Å². The molecule has 1 aliphatic rings. The van der Waals surface area contributed by atoms with Crippen LogP contribution in [0.3, 0.4) is 0 Å². The SMILES string of the molecule is NC1(Cc2ccsc2)CCCCCCC1. The summed E-state index contributed by atoms with van der Waals surface area (Å²) in [6.45, 7) is 0. The van der Waals surface area contributed by atoms with Gasteiger partial charge in [0.1, 0.15) is 0 Å². The Bertz CT molecular complexity index is 271. The van der Waals surface area contributed by atoms with Crippen LogP contribution in [0, 0.1) is 0 Å². The van der Waals surface area contributed by atoms with Gasteiger partial charge in [0.05, 0.1) is 0 Å². The Morgan fingerprint density at radius 3 is 2.40 bits per heavy atom. The zero-order valence-electron chi connectivity index (χ0n) is 9.37. The average molecular weight is 223 g/mol. The minimum atomic E-state index is 0.0848. The van der Waals surface area contributed by atoms with E-state index in [4.69, 9.17) is 5.73 Å². The molecule has 84 valence electrons. The van der Waals surface area contributed by atoms with Gasteiger partial charge in [-0.25, -0.2) is 0 Å². The van der Waals surface area contributed by atoms with E-state index < -0.39 is 0 Å². The maximum atomic E-state index is 6.52. The molecule has 1 nitrogen and oxygen atoms in total. The van der Waals surface area contributed by atoms with Crippen LogP contribution in [0.25, 0.3) is 0 Å². The Morgan fingerprint density at radius 1 is 1.13 bits per heavy atom. The first-order chi connectivity index (χ1) is 7.29. The molecule has 0 aliphatic heterocycles. The maximum absolute atomic E-state index is 6.52. The Balaban J connectivity index is 1.96. The molecule has 15 heavy (non-hydrogen) atoms. The molecule has 0 atom stereocenters. The Morgan fingerprint density at radius 2 is 1.80 bits per heavy atom. The standard InChI is InChI=1S/C13H21NS/c14-13(10-12-6-9-15-11-12)7-4-2-1-3-5-8-13/h6,9,11H,1-5,7-8,10,14H2. The lowest BCUT2D eigenvalue weighted by Gasteiger charge is -2.31. The second-order valence-electron chi connectivity index (χ2n) is 4.94. The molecule has 1 aliphatic carbocycles. The highest BCUT2D eigenvalue weighted by Gasteiger charge is 2.25. The van der Waals surface area contributed by atoms with Crippen molar-refractivity contribution >= 4 is 11.3 Å². The molecular formula is C13H21NS. The fraction of sp³-hybridized carbons (Fsp3) is 0.692. The minimum absolute atomic E-state index is 0.0848. The zero-order chi connectivity index (χ0) is 10.6. The van der Waals surface area contributed by atoms with Crippen molar-refractivity contribution in [2.24, 2.45) is 5.73 Å². The van der Waals surface area contributed by atoms with Gasteiger partial charge in [0.15, 0.2) is 0 Å². The van der Waals surface area contributed by atoms with E-state index in [9.17, 15) is 0 Å². The van der Waals surface area contributed by atoms with Crippen LogP contribution in [0.15, 0.2) is 16.8 Å². The van der Waals surface area contributed by atoms with Crippen molar-refractivity contribution in [3.05, 3.63) is 22.4 Å². The van der Waals surface area contributed by atoms with Crippen LogP contribution in [0.4, 0.5) is 0 Å². The van der Waals surface area contributed by atoms with Gasteiger partial charge in [-0.2, -0.15) is 11.3 Å². The summed E-state index contributed by atoms with van der Waals surface area (Å²) in [5, 5.41) is 4.40. The zero-order valence-corrected chi connectivity index (χ0v) is 10.2. The first kappa shape index (κ1) is 11.2. The van der Waals surface area contributed by atoms with Gasteiger partial charge in [-0.3, -0.25) is 0 Å². The van der Waals surface area contributed by atoms with E-state index in [-0.39, 0.29) is 5.54 Å². The summed E-state index contributed by atoms with van der Waals surface area (Å²) in [5.74, 6) is 0. The molecule has 2 N–H and O–H groups in total. The fourth-order valence-electron chi connectivity index (χ4n) is 2.59. The number of nitrogens with two attached hydrogens (primary N) is 1. The van der Waals surface area contributed by atoms with Crippen LogP contribution in [0.2, 0.25) is 0 Å². The van der Waals surface area contributed by atoms with Crippen molar-refractivity contribution < 1.29 is 0 Å². The molecule has 1 aromatic rings. The van der Waals surface area contributed by atoms with Gasteiger partial charge in [-0.15, -0.1) is 0 Å². The third-order valence-electron chi connectivity index (χ3n) is 3.49. The molecule has 1 aromatic heterocycles. The summed E-state index contributed by atoms with van der Waals surface area (Å²) in [6.07, 6.45) is 10.3. The van der Waals surface area contributed by atoms with E-state index in [0.717, 1.165) is 6.42 Å². The maximum Gasteiger partial charge on any atom is 0.0195 e. The lowest BCUT2D eigenvalue weighted by atomic mass is 9.81. The molecule has 1 heterocycles. The van der Waals surface area contributed by atoms with Crippen molar-refractivity contribution in [2.75, 3.05) is 0 Å². The van der Waals surface area contributed by atoms with Crippen LogP contribution in [-0.2, 0) is 6.42 Å². The Hall–Kier alpha value is -0.340. The van der Waals surface area contributed by atoms with E-state index in [1.807, 2.05) is 0 Å². The van der Waals surface area contributed by atoms with Gasteiger partial charge in [-0.1, -0.05) is 32.1 Å². The molecule has 1 saturated carbocycles. The molecule has 0 bridgehead atoms. The summed E-state index contributed by atoms with van der Waals surface area (Å²) in [4.78, 5) is 0. The predicted molar refractivity (Wildman–Crippen MR) is 67.3 cm³/mol. The highest BCUT2D eigenvalue weighted by Crippen LogP contribution is 2.28. The first-order valence-corrected chi connectivity index (χ1v) is 7.03. The van der Waals surface area contributed by atoms with E-state index in [0.29, 0.717) is 0 Å². The number of hydrogen-bond acceptors (Lipinski definition) is 2. The molecule has 1 fully saturated rings. The molecule has 0 radical (unpaired) electrons. The first-order valence-electron chi connectivity index (χ1n) is 6.08. The van der Waals surface area contributed by atoms with Crippen molar-refractivity contribution in [3.63, 3.8) is 0 Å². The average Bonchev–Trinajstić information content (AvgIpc) is 2.65. The van der Waals surface area contributed by atoms with Crippen LogP contribution in [0.5, 0.6) is 0 Å². The van der Waals surface area contributed by atoms with Crippen molar-refractivity contribution in [3.8, 4) is 0 Å². The van der Waals surface area contributed by atoms with Gasteiger partial charge in [-0.05, 0) is 41.7 Å². The lowest BCUT2D eigenvalue weighted by molar-refractivity contribution is 0.314. The van der Waals surface area contributed by atoms with Gasteiger partial charge in [0, 0.05) is 5.54 Å². The molecule has 0 amide bonds. The van der Waals surface area contributed by atoms with E-state index in [1.54, 1.807) is 11.3 Å². The smallest absolute Gasteiger partial charge is 0.0195 e. The number of hydrogen-bond donors (Lipinski definition) is 1. The summed E-state index contributed by atoms with van der Waals surface area (Å²) in [5.41, 5.74) is 8.04. The minimum Gasteiger partial charge on any atom is -0.325 e. The number of thiophene rings is 1. The largest absolute Gasteiger partial charge is 0.325 e.